The Bertz CT molecular complexity index is 542. The normalized spacial score (nSPS) is 12.7. The van der Waals surface area contributed by atoms with Crippen LogP contribution in [0.2, 0.25) is 0 Å². The molecule has 1 atom stereocenters. The minimum atomic E-state index is -0.572. The van der Waals surface area contributed by atoms with E-state index >= 15 is 0 Å². The topological polar surface area (TPSA) is 45.8 Å². The molecule has 126 valence electrons. The highest BCUT2D eigenvalue weighted by Crippen LogP contribution is 2.09. The van der Waals surface area contributed by atoms with Crippen molar-refractivity contribution in [2.45, 2.75) is 32.6 Å². The number of hydrogen-bond acceptors (Lipinski definition) is 4. The van der Waals surface area contributed by atoms with E-state index in [-0.39, 0.29) is 12.4 Å². The van der Waals surface area contributed by atoms with Gasteiger partial charge in [-0.2, -0.15) is 0 Å². The first kappa shape index (κ1) is 17.7. The van der Waals surface area contributed by atoms with Crippen LogP contribution in [0.4, 0.5) is 4.39 Å². The highest BCUT2D eigenvalue weighted by molar-refractivity contribution is 5.15. The van der Waals surface area contributed by atoms with Crippen LogP contribution < -0.4 is 0 Å². The second kappa shape index (κ2) is 9.45. The summed E-state index contributed by atoms with van der Waals surface area (Å²) < 4.78 is 23.6. The summed E-state index contributed by atoms with van der Waals surface area (Å²) in [6, 6.07) is 10.1. The van der Waals surface area contributed by atoms with Crippen LogP contribution in [0.1, 0.15) is 24.7 Å². The van der Waals surface area contributed by atoms with Gasteiger partial charge in [-0.1, -0.05) is 19.1 Å². The van der Waals surface area contributed by atoms with Crippen molar-refractivity contribution < 1.29 is 18.7 Å². The summed E-state index contributed by atoms with van der Waals surface area (Å²) in [5.74, 6) is 0.510. The lowest BCUT2D eigenvalue weighted by atomic mass is 10.2. The van der Waals surface area contributed by atoms with Crippen molar-refractivity contribution in [3.8, 4) is 0 Å². The molecule has 0 aliphatic heterocycles. The van der Waals surface area contributed by atoms with E-state index in [2.05, 4.69) is 11.8 Å². The molecule has 0 aliphatic rings. The zero-order valence-electron chi connectivity index (χ0n) is 13.5. The molecule has 0 fully saturated rings. The lowest BCUT2D eigenvalue weighted by Gasteiger charge is -2.24. The molecule has 0 amide bonds. The number of furan rings is 1. The molecular formula is C18H24FNO3. The maximum atomic E-state index is 13.0. The van der Waals surface area contributed by atoms with Crippen LogP contribution in [0.15, 0.2) is 47.1 Å². The average molecular weight is 321 g/mol. The molecule has 1 heterocycles. The molecule has 0 aliphatic carbocycles. The van der Waals surface area contributed by atoms with Crippen molar-refractivity contribution >= 4 is 0 Å². The molecule has 0 spiro atoms. The van der Waals surface area contributed by atoms with Crippen LogP contribution in [-0.4, -0.2) is 35.8 Å². The second-order valence-corrected chi connectivity index (χ2v) is 5.61. The SMILES string of the molecule is CCCN(Cc1ccc(F)cc1)C[C@H](O)COCc1ccco1. The molecule has 0 saturated heterocycles. The first-order valence-electron chi connectivity index (χ1n) is 7.92. The summed E-state index contributed by atoms with van der Waals surface area (Å²) in [6.45, 7) is 4.77. The fraction of sp³-hybridized carbons (Fsp3) is 0.444. The van der Waals surface area contributed by atoms with Gasteiger partial charge in [0.2, 0.25) is 0 Å². The minimum Gasteiger partial charge on any atom is -0.467 e. The van der Waals surface area contributed by atoms with Gasteiger partial charge in [-0.25, -0.2) is 4.39 Å². The molecule has 2 aromatic rings. The molecule has 4 nitrogen and oxygen atoms in total. The van der Waals surface area contributed by atoms with Gasteiger partial charge in [0.15, 0.2) is 0 Å². The predicted molar refractivity (Wildman–Crippen MR) is 86.3 cm³/mol. The maximum absolute atomic E-state index is 13.0. The summed E-state index contributed by atoms with van der Waals surface area (Å²) in [4.78, 5) is 2.15. The summed E-state index contributed by atoms with van der Waals surface area (Å²) >= 11 is 0. The third-order valence-electron chi connectivity index (χ3n) is 3.46. The standard InChI is InChI=1S/C18H24FNO3/c1-2-9-20(11-15-5-7-16(19)8-6-15)12-17(21)13-22-14-18-4-3-10-23-18/h3-8,10,17,21H,2,9,11-14H2,1H3/t17-/m0/s1. The lowest BCUT2D eigenvalue weighted by Crippen LogP contribution is -2.35. The van der Waals surface area contributed by atoms with Crippen molar-refractivity contribution in [3.63, 3.8) is 0 Å². The second-order valence-electron chi connectivity index (χ2n) is 5.61. The molecule has 1 aromatic heterocycles. The Morgan fingerprint density at radius 2 is 2.04 bits per heavy atom. The fourth-order valence-electron chi connectivity index (χ4n) is 2.44. The molecule has 2 rings (SSSR count). The Balaban J connectivity index is 1.76. The van der Waals surface area contributed by atoms with Crippen LogP contribution in [0.5, 0.6) is 0 Å². The number of aliphatic hydroxyl groups is 1. The first-order valence-corrected chi connectivity index (χ1v) is 7.92. The Hall–Kier alpha value is -1.69. The van der Waals surface area contributed by atoms with Crippen LogP contribution in [0, 0.1) is 5.82 Å². The zero-order chi connectivity index (χ0) is 16.5. The number of rotatable bonds is 10. The van der Waals surface area contributed by atoms with Gasteiger partial charge in [-0.05, 0) is 42.8 Å². The van der Waals surface area contributed by atoms with Crippen molar-refractivity contribution in [3.05, 3.63) is 59.8 Å². The molecule has 0 radical (unpaired) electrons. The molecule has 1 N–H and O–H groups in total. The molecule has 0 saturated carbocycles. The number of nitrogens with zero attached hydrogens (tertiary/aromatic N) is 1. The molecular weight excluding hydrogens is 297 g/mol. The Morgan fingerprint density at radius 3 is 2.70 bits per heavy atom. The average Bonchev–Trinajstić information content (AvgIpc) is 3.03. The van der Waals surface area contributed by atoms with E-state index in [0.717, 1.165) is 24.3 Å². The molecule has 5 heteroatoms. The van der Waals surface area contributed by atoms with E-state index in [1.165, 1.54) is 12.1 Å². The quantitative estimate of drug-likeness (QED) is 0.730. The third-order valence-corrected chi connectivity index (χ3v) is 3.46. The Kier molecular flexibility index (Phi) is 7.26. The highest BCUT2D eigenvalue weighted by atomic mass is 19.1. The van der Waals surface area contributed by atoms with Crippen molar-refractivity contribution in [1.82, 2.24) is 4.90 Å². The van der Waals surface area contributed by atoms with Gasteiger partial charge in [0.1, 0.15) is 18.2 Å². The number of halogens is 1. The van der Waals surface area contributed by atoms with E-state index in [4.69, 9.17) is 9.15 Å². The van der Waals surface area contributed by atoms with E-state index in [9.17, 15) is 9.50 Å². The molecule has 0 bridgehead atoms. The van der Waals surface area contributed by atoms with Gasteiger partial charge >= 0.3 is 0 Å². The maximum Gasteiger partial charge on any atom is 0.129 e. The number of hydrogen-bond donors (Lipinski definition) is 1. The Labute approximate surface area is 136 Å². The van der Waals surface area contributed by atoms with Gasteiger partial charge < -0.3 is 14.3 Å². The molecule has 0 unspecified atom stereocenters. The molecule has 1 aromatic carbocycles. The highest BCUT2D eigenvalue weighted by Gasteiger charge is 2.12. The summed E-state index contributed by atoms with van der Waals surface area (Å²) in [5.41, 5.74) is 1.03. The number of benzene rings is 1. The summed E-state index contributed by atoms with van der Waals surface area (Å²) in [5, 5.41) is 10.1. The Morgan fingerprint density at radius 1 is 1.26 bits per heavy atom. The smallest absolute Gasteiger partial charge is 0.129 e. The monoisotopic (exact) mass is 321 g/mol. The summed E-state index contributed by atoms with van der Waals surface area (Å²) in [6.07, 6.45) is 2.01. The number of aliphatic hydroxyl groups excluding tert-OH is 1. The van der Waals surface area contributed by atoms with Gasteiger partial charge in [-0.3, -0.25) is 4.90 Å². The van der Waals surface area contributed by atoms with Gasteiger partial charge in [0.05, 0.1) is 19.0 Å². The molecule has 23 heavy (non-hydrogen) atoms. The van der Waals surface area contributed by atoms with Crippen molar-refractivity contribution in [2.24, 2.45) is 0 Å². The van der Waals surface area contributed by atoms with E-state index < -0.39 is 6.10 Å². The van der Waals surface area contributed by atoms with Gasteiger partial charge in [0.25, 0.3) is 0 Å². The summed E-state index contributed by atoms with van der Waals surface area (Å²) in [7, 11) is 0. The van der Waals surface area contributed by atoms with Crippen LogP contribution in [-0.2, 0) is 17.9 Å². The first-order chi connectivity index (χ1) is 11.2. The zero-order valence-corrected chi connectivity index (χ0v) is 13.5. The van der Waals surface area contributed by atoms with Crippen molar-refractivity contribution in [2.75, 3.05) is 19.7 Å². The fourth-order valence-corrected chi connectivity index (χ4v) is 2.44. The predicted octanol–water partition coefficient (Wildman–Crippen LogP) is 3.21. The van der Waals surface area contributed by atoms with Crippen LogP contribution >= 0.6 is 0 Å². The van der Waals surface area contributed by atoms with Crippen LogP contribution in [0.25, 0.3) is 0 Å². The van der Waals surface area contributed by atoms with Crippen molar-refractivity contribution in [1.29, 1.82) is 0 Å². The van der Waals surface area contributed by atoms with E-state index in [1.54, 1.807) is 24.5 Å². The van der Waals surface area contributed by atoms with Gasteiger partial charge in [0, 0.05) is 13.1 Å². The van der Waals surface area contributed by atoms with E-state index in [0.29, 0.717) is 19.7 Å². The van der Waals surface area contributed by atoms with Gasteiger partial charge in [-0.15, -0.1) is 0 Å². The lowest BCUT2D eigenvalue weighted by molar-refractivity contribution is 0.00387. The van der Waals surface area contributed by atoms with Crippen LogP contribution in [0.3, 0.4) is 0 Å². The third kappa shape index (κ3) is 6.52. The largest absolute Gasteiger partial charge is 0.467 e. The van der Waals surface area contributed by atoms with E-state index in [1.807, 2.05) is 6.07 Å². The number of ether oxygens (including phenoxy) is 1. The minimum absolute atomic E-state index is 0.234.